The van der Waals surface area contributed by atoms with Gasteiger partial charge in [0, 0.05) is 29.4 Å². The summed E-state index contributed by atoms with van der Waals surface area (Å²) in [6.07, 6.45) is 3.48. The van der Waals surface area contributed by atoms with Crippen LogP contribution in [-0.4, -0.2) is 27.0 Å². The highest BCUT2D eigenvalue weighted by atomic mass is 16.5. The molecule has 0 spiro atoms. The number of hydrogen-bond donors (Lipinski definition) is 2. The lowest BCUT2D eigenvalue weighted by atomic mass is 10.1. The zero-order valence-corrected chi connectivity index (χ0v) is 9.71. The summed E-state index contributed by atoms with van der Waals surface area (Å²) in [6, 6.07) is 5.55. The highest BCUT2D eigenvalue weighted by Gasteiger charge is 2.09. The van der Waals surface area contributed by atoms with Crippen molar-refractivity contribution < 1.29 is 4.74 Å². The molecule has 3 N–H and O–H groups in total. The molecule has 0 fully saturated rings. The number of rotatable bonds is 2. The van der Waals surface area contributed by atoms with Crippen LogP contribution in [0.25, 0.3) is 22.3 Å². The van der Waals surface area contributed by atoms with Crippen molar-refractivity contribution in [3.8, 4) is 17.1 Å². The summed E-state index contributed by atoms with van der Waals surface area (Å²) >= 11 is 0. The van der Waals surface area contributed by atoms with Crippen LogP contribution in [-0.2, 0) is 0 Å². The number of nitrogens with zero attached hydrogens (tertiary/aromatic N) is 3. The van der Waals surface area contributed by atoms with Crippen LogP contribution in [0.15, 0.2) is 30.6 Å². The molecule has 0 saturated heterocycles. The van der Waals surface area contributed by atoms with Crippen molar-refractivity contribution in [3.63, 3.8) is 0 Å². The molecule has 0 amide bonds. The molecule has 6 nitrogen and oxygen atoms in total. The second kappa shape index (κ2) is 3.99. The molecule has 18 heavy (non-hydrogen) atoms. The molecule has 3 rings (SSSR count). The minimum atomic E-state index is 0.253. The number of aromatic nitrogens is 4. The Morgan fingerprint density at radius 1 is 1.22 bits per heavy atom. The predicted octanol–water partition coefficient (Wildman–Crippen LogP) is 1.61. The van der Waals surface area contributed by atoms with Crippen LogP contribution in [0.3, 0.4) is 0 Å². The first kappa shape index (κ1) is 10.5. The summed E-state index contributed by atoms with van der Waals surface area (Å²) in [6.45, 7) is 0. The van der Waals surface area contributed by atoms with E-state index >= 15 is 0 Å². The topological polar surface area (TPSA) is 89.7 Å². The van der Waals surface area contributed by atoms with E-state index < -0.39 is 0 Å². The van der Waals surface area contributed by atoms with Gasteiger partial charge in [0.1, 0.15) is 5.65 Å². The number of ether oxygens (including phenoxy) is 1. The highest BCUT2D eigenvalue weighted by Crippen LogP contribution is 2.27. The molecular weight excluding hydrogens is 230 g/mol. The van der Waals surface area contributed by atoms with Gasteiger partial charge in [0.25, 0.3) is 0 Å². The monoisotopic (exact) mass is 241 g/mol. The van der Waals surface area contributed by atoms with Gasteiger partial charge in [-0.05, 0) is 12.1 Å². The summed E-state index contributed by atoms with van der Waals surface area (Å²) in [5.74, 6) is 0.821. The van der Waals surface area contributed by atoms with Gasteiger partial charge in [0.05, 0.1) is 12.8 Å². The predicted molar refractivity (Wildman–Crippen MR) is 68.1 cm³/mol. The van der Waals surface area contributed by atoms with Gasteiger partial charge in [-0.1, -0.05) is 0 Å². The quantitative estimate of drug-likeness (QED) is 0.711. The Morgan fingerprint density at radius 3 is 2.89 bits per heavy atom. The normalized spacial score (nSPS) is 10.7. The van der Waals surface area contributed by atoms with Crippen molar-refractivity contribution in [2.75, 3.05) is 12.8 Å². The van der Waals surface area contributed by atoms with Crippen LogP contribution in [0.1, 0.15) is 0 Å². The molecule has 0 atom stereocenters. The Kier molecular flexibility index (Phi) is 2.33. The SMILES string of the molecule is COc1ccc2c(-c3ccnc(N)n3)c[nH]c2n1. The molecule has 3 aromatic heterocycles. The number of methoxy groups -OCH3 is 1. The van der Waals surface area contributed by atoms with Gasteiger partial charge in [-0.25, -0.2) is 9.97 Å². The number of pyridine rings is 1. The van der Waals surface area contributed by atoms with Gasteiger partial charge >= 0.3 is 0 Å². The smallest absolute Gasteiger partial charge is 0.220 e. The summed E-state index contributed by atoms with van der Waals surface area (Å²) in [4.78, 5) is 15.5. The van der Waals surface area contributed by atoms with Crippen LogP contribution in [0, 0.1) is 0 Å². The highest BCUT2D eigenvalue weighted by molar-refractivity contribution is 5.92. The second-order valence-corrected chi connectivity index (χ2v) is 3.75. The van der Waals surface area contributed by atoms with Gasteiger partial charge in [0.15, 0.2) is 0 Å². The number of hydrogen-bond acceptors (Lipinski definition) is 5. The Balaban J connectivity index is 2.18. The number of nitrogens with one attached hydrogen (secondary N) is 1. The molecule has 0 unspecified atom stereocenters. The first-order chi connectivity index (χ1) is 8.78. The lowest BCUT2D eigenvalue weighted by Crippen LogP contribution is -1.94. The maximum atomic E-state index is 5.59. The van der Waals surface area contributed by atoms with E-state index in [-0.39, 0.29) is 5.95 Å². The molecule has 0 radical (unpaired) electrons. The zero-order chi connectivity index (χ0) is 12.5. The van der Waals surface area contributed by atoms with Gasteiger partial charge in [0.2, 0.25) is 11.8 Å². The van der Waals surface area contributed by atoms with Crippen molar-refractivity contribution in [2.45, 2.75) is 0 Å². The van der Waals surface area contributed by atoms with E-state index in [1.54, 1.807) is 13.3 Å². The van der Waals surface area contributed by atoms with Crippen molar-refractivity contribution in [2.24, 2.45) is 0 Å². The van der Waals surface area contributed by atoms with Crippen LogP contribution in [0.5, 0.6) is 5.88 Å². The van der Waals surface area contributed by atoms with Gasteiger partial charge < -0.3 is 15.5 Å². The summed E-state index contributed by atoms with van der Waals surface area (Å²) in [5, 5.41) is 0.967. The van der Waals surface area contributed by atoms with Crippen LogP contribution >= 0.6 is 0 Å². The molecule has 3 aromatic rings. The fraction of sp³-hybridized carbons (Fsp3) is 0.0833. The molecule has 0 aliphatic heterocycles. The lowest BCUT2D eigenvalue weighted by Gasteiger charge is -2.00. The Morgan fingerprint density at radius 2 is 2.11 bits per heavy atom. The number of nitrogens with two attached hydrogens (primary N) is 1. The standard InChI is InChI=1S/C12H11N5O/c1-18-10-3-2-7-8(6-15-11(7)17-10)9-4-5-14-12(13)16-9/h2-6H,1H3,(H,15,17)(H2,13,14,16). The second-order valence-electron chi connectivity index (χ2n) is 3.75. The molecule has 0 aliphatic carbocycles. The Hall–Kier alpha value is -2.63. The molecular formula is C12H11N5O. The largest absolute Gasteiger partial charge is 0.481 e. The number of aromatic amines is 1. The molecule has 90 valence electrons. The minimum absolute atomic E-state index is 0.253. The van der Waals surface area contributed by atoms with Crippen molar-refractivity contribution in [1.29, 1.82) is 0 Å². The van der Waals surface area contributed by atoms with Crippen molar-refractivity contribution in [3.05, 3.63) is 30.6 Å². The maximum absolute atomic E-state index is 5.59. The number of fused-ring (bicyclic) bond motifs is 1. The first-order valence-corrected chi connectivity index (χ1v) is 5.39. The average molecular weight is 241 g/mol. The van der Waals surface area contributed by atoms with Crippen molar-refractivity contribution >= 4 is 17.0 Å². The fourth-order valence-electron chi connectivity index (χ4n) is 1.84. The minimum Gasteiger partial charge on any atom is -0.481 e. The van der Waals surface area contributed by atoms with Crippen LogP contribution < -0.4 is 10.5 Å². The molecule has 0 aromatic carbocycles. The summed E-state index contributed by atoms with van der Waals surface area (Å²) in [5.41, 5.74) is 8.04. The van der Waals surface area contributed by atoms with E-state index in [4.69, 9.17) is 10.5 Å². The molecule has 0 saturated carbocycles. The van der Waals surface area contributed by atoms with E-state index in [0.29, 0.717) is 5.88 Å². The van der Waals surface area contributed by atoms with E-state index in [9.17, 15) is 0 Å². The number of nitrogen functional groups attached to an aromatic ring is 1. The number of anilines is 1. The number of H-pyrrole nitrogens is 1. The lowest BCUT2D eigenvalue weighted by molar-refractivity contribution is 0.399. The van der Waals surface area contributed by atoms with E-state index in [0.717, 1.165) is 22.3 Å². The van der Waals surface area contributed by atoms with Gasteiger partial charge in [-0.2, -0.15) is 4.98 Å². The zero-order valence-electron chi connectivity index (χ0n) is 9.71. The summed E-state index contributed by atoms with van der Waals surface area (Å²) < 4.78 is 5.08. The first-order valence-electron chi connectivity index (χ1n) is 5.39. The third-order valence-electron chi connectivity index (χ3n) is 2.67. The van der Waals surface area contributed by atoms with E-state index in [1.807, 2.05) is 24.4 Å². The summed E-state index contributed by atoms with van der Waals surface area (Å²) in [7, 11) is 1.59. The molecule has 0 bridgehead atoms. The van der Waals surface area contributed by atoms with Gasteiger partial charge in [-0.3, -0.25) is 0 Å². The third-order valence-corrected chi connectivity index (χ3v) is 2.67. The van der Waals surface area contributed by atoms with Crippen LogP contribution in [0.2, 0.25) is 0 Å². The van der Waals surface area contributed by atoms with E-state index in [1.165, 1.54) is 0 Å². The molecule has 0 aliphatic rings. The molecule has 3 heterocycles. The van der Waals surface area contributed by atoms with Crippen molar-refractivity contribution in [1.82, 2.24) is 19.9 Å². The van der Waals surface area contributed by atoms with Gasteiger partial charge in [-0.15, -0.1) is 0 Å². The Labute approximate surface area is 103 Å². The van der Waals surface area contributed by atoms with E-state index in [2.05, 4.69) is 19.9 Å². The Bertz CT molecular complexity index is 707. The average Bonchev–Trinajstić information content (AvgIpc) is 2.81. The maximum Gasteiger partial charge on any atom is 0.220 e. The van der Waals surface area contributed by atoms with Crippen LogP contribution in [0.4, 0.5) is 5.95 Å². The third kappa shape index (κ3) is 1.64. The fourth-order valence-corrected chi connectivity index (χ4v) is 1.84. The molecule has 6 heteroatoms.